The number of benzene rings is 1. The molecule has 1 aliphatic heterocycles. The predicted molar refractivity (Wildman–Crippen MR) is 72.8 cm³/mol. The molecule has 1 aromatic rings. The lowest BCUT2D eigenvalue weighted by Gasteiger charge is -2.45. The van der Waals surface area contributed by atoms with Gasteiger partial charge < -0.3 is 5.73 Å². The van der Waals surface area contributed by atoms with Crippen molar-refractivity contribution < 1.29 is 4.39 Å². The monoisotopic (exact) mass is 250 g/mol. The number of halogens is 1. The Labute approximate surface area is 109 Å². The first-order valence-corrected chi connectivity index (χ1v) is 6.65. The van der Waals surface area contributed by atoms with E-state index >= 15 is 0 Å². The molecule has 18 heavy (non-hydrogen) atoms. The van der Waals surface area contributed by atoms with E-state index in [0.717, 1.165) is 25.1 Å². The van der Waals surface area contributed by atoms with Crippen molar-refractivity contribution in [2.75, 3.05) is 13.1 Å². The molecule has 0 saturated carbocycles. The Hall–Kier alpha value is -0.930. The van der Waals surface area contributed by atoms with Crippen LogP contribution < -0.4 is 5.73 Å². The standard InChI is InChI=1S/C15H23FN2/c1-11(12-5-4-6-13(16)9-12)18-8-7-14(17)15(2,3)10-18/h4-6,9,11,14H,7-8,10,17H2,1-3H3. The topological polar surface area (TPSA) is 29.3 Å². The molecular formula is C15H23FN2. The van der Waals surface area contributed by atoms with E-state index in [-0.39, 0.29) is 23.3 Å². The third-order valence-corrected chi connectivity index (χ3v) is 4.22. The Kier molecular flexibility index (Phi) is 3.74. The summed E-state index contributed by atoms with van der Waals surface area (Å²) in [6.45, 7) is 8.51. The fourth-order valence-corrected chi connectivity index (χ4v) is 2.72. The number of rotatable bonds is 2. The van der Waals surface area contributed by atoms with Crippen molar-refractivity contribution in [2.24, 2.45) is 11.1 Å². The second-order valence-corrected chi connectivity index (χ2v) is 6.09. The highest BCUT2D eigenvalue weighted by Crippen LogP contribution is 2.32. The zero-order chi connectivity index (χ0) is 13.3. The average Bonchev–Trinajstić information content (AvgIpc) is 2.31. The van der Waals surface area contributed by atoms with Gasteiger partial charge in [0.15, 0.2) is 0 Å². The number of hydrogen-bond donors (Lipinski definition) is 1. The van der Waals surface area contributed by atoms with Crippen LogP contribution in [0.4, 0.5) is 4.39 Å². The lowest BCUT2D eigenvalue weighted by molar-refractivity contribution is 0.0663. The van der Waals surface area contributed by atoms with Crippen molar-refractivity contribution in [1.29, 1.82) is 0 Å². The largest absolute Gasteiger partial charge is 0.327 e. The summed E-state index contributed by atoms with van der Waals surface area (Å²) in [5.74, 6) is -0.160. The van der Waals surface area contributed by atoms with Gasteiger partial charge in [0.2, 0.25) is 0 Å². The second-order valence-electron chi connectivity index (χ2n) is 6.09. The molecule has 1 heterocycles. The van der Waals surface area contributed by atoms with Gasteiger partial charge in [-0.05, 0) is 36.5 Å². The number of nitrogens with zero attached hydrogens (tertiary/aromatic N) is 1. The second kappa shape index (κ2) is 4.98. The zero-order valence-electron chi connectivity index (χ0n) is 11.5. The number of piperidine rings is 1. The molecule has 0 amide bonds. The minimum Gasteiger partial charge on any atom is -0.327 e. The molecule has 1 aliphatic rings. The highest BCUT2D eigenvalue weighted by Gasteiger charge is 2.35. The maximum Gasteiger partial charge on any atom is 0.123 e. The first-order valence-electron chi connectivity index (χ1n) is 6.65. The minimum absolute atomic E-state index is 0.125. The van der Waals surface area contributed by atoms with Crippen LogP contribution in [0.15, 0.2) is 24.3 Å². The lowest BCUT2D eigenvalue weighted by atomic mass is 9.79. The van der Waals surface area contributed by atoms with Crippen LogP contribution in [0.3, 0.4) is 0 Å². The quantitative estimate of drug-likeness (QED) is 0.874. The van der Waals surface area contributed by atoms with E-state index in [1.165, 1.54) is 6.07 Å². The molecule has 1 fully saturated rings. The van der Waals surface area contributed by atoms with Gasteiger partial charge in [-0.1, -0.05) is 26.0 Å². The molecule has 0 bridgehead atoms. The summed E-state index contributed by atoms with van der Waals surface area (Å²) in [5, 5.41) is 0. The molecule has 2 N–H and O–H groups in total. The lowest BCUT2D eigenvalue weighted by Crippen LogP contribution is -2.52. The Bertz CT molecular complexity index is 417. The average molecular weight is 250 g/mol. The van der Waals surface area contributed by atoms with Gasteiger partial charge in [-0.3, -0.25) is 4.90 Å². The summed E-state index contributed by atoms with van der Waals surface area (Å²) in [4.78, 5) is 2.40. The molecule has 1 aromatic carbocycles. The summed E-state index contributed by atoms with van der Waals surface area (Å²) in [7, 11) is 0. The van der Waals surface area contributed by atoms with Gasteiger partial charge in [0.25, 0.3) is 0 Å². The fraction of sp³-hybridized carbons (Fsp3) is 0.600. The molecule has 1 saturated heterocycles. The molecule has 3 heteroatoms. The van der Waals surface area contributed by atoms with Crippen LogP contribution in [0.25, 0.3) is 0 Å². The van der Waals surface area contributed by atoms with Crippen molar-refractivity contribution in [3.63, 3.8) is 0 Å². The van der Waals surface area contributed by atoms with Crippen LogP contribution >= 0.6 is 0 Å². The van der Waals surface area contributed by atoms with Gasteiger partial charge >= 0.3 is 0 Å². The Morgan fingerprint density at radius 3 is 2.78 bits per heavy atom. The highest BCUT2D eigenvalue weighted by molar-refractivity contribution is 5.20. The predicted octanol–water partition coefficient (Wildman–Crippen LogP) is 2.95. The van der Waals surface area contributed by atoms with Gasteiger partial charge in [0.05, 0.1) is 0 Å². The van der Waals surface area contributed by atoms with Crippen LogP contribution in [0.5, 0.6) is 0 Å². The van der Waals surface area contributed by atoms with E-state index in [2.05, 4.69) is 25.7 Å². The van der Waals surface area contributed by atoms with Crippen LogP contribution in [-0.2, 0) is 0 Å². The van der Waals surface area contributed by atoms with Gasteiger partial charge in [-0.2, -0.15) is 0 Å². The number of nitrogens with two attached hydrogens (primary N) is 1. The van der Waals surface area contributed by atoms with Crippen molar-refractivity contribution in [1.82, 2.24) is 4.90 Å². The Morgan fingerprint density at radius 1 is 1.44 bits per heavy atom. The van der Waals surface area contributed by atoms with Gasteiger partial charge in [0.1, 0.15) is 5.82 Å². The van der Waals surface area contributed by atoms with E-state index in [9.17, 15) is 4.39 Å². The van der Waals surface area contributed by atoms with Crippen molar-refractivity contribution >= 4 is 0 Å². The van der Waals surface area contributed by atoms with Crippen molar-refractivity contribution in [2.45, 2.75) is 39.3 Å². The molecule has 2 atom stereocenters. The Morgan fingerprint density at radius 2 is 2.17 bits per heavy atom. The molecule has 2 unspecified atom stereocenters. The van der Waals surface area contributed by atoms with E-state index < -0.39 is 0 Å². The van der Waals surface area contributed by atoms with E-state index in [0.29, 0.717) is 0 Å². The summed E-state index contributed by atoms with van der Waals surface area (Å²) in [6, 6.07) is 7.40. The molecule has 100 valence electrons. The molecular weight excluding hydrogens is 227 g/mol. The summed E-state index contributed by atoms with van der Waals surface area (Å²) in [5.41, 5.74) is 7.32. The zero-order valence-corrected chi connectivity index (χ0v) is 11.5. The van der Waals surface area contributed by atoms with Gasteiger partial charge in [0, 0.05) is 25.2 Å². The number of likely N-dealkylation sites (tertiary alicyclic amines) is 1. The summed E-state index contributed by atoms with van der Waals surface area (Å²) in [6.07, 6.45) is 1.01. The minimum atomic E-state index is -0.160. The number of hydrogen-bond acceptors (Lipinski definition) is 2. The van der Waals surface area contributed by atoms with E-state index in [1.54, 1.807) is 12.1 Å². The van der Waals surface area contributed by atoms with E-state index in [1.807, 2.05) is 6.07 Å². The maximum absolute atomic E-state index is 13.3. The fourth-order valence-electron chi connectivity index (χ4n) is 2.72. The molecule has 0 spiro atoms. The molecule has 2 rings (SSSR count). The van der Waals surface area contributed by atoms with Crippen molar-refractivity contribution in [3.8, 4) is 0 Å². The smallest absolute Gasteiger partial charge is 0.123 e. The van der Waals surface area contributed by atoms with Crippen LogP contribution in [0.2, 0.25) is 0 Å². The Balaban J connectivity index is 2.13. The molecule has 0 aliphatic carbocycles. The summed E-state index contributed by atoms with van der Waals surface area (Å²) >= 11 is 0. The van der Waals surface area contributed by atoms with Gasteiger partial charge in [-0.25, -0.2) is 4.39 Å². The maximum atomic E-state index is 13.3. The first kappa shape index (κ1) is 13.5. The third kappa shape index (κ3) is 2.73. The van der Waals surface area contributed by atoms with Crippen LogP contribution in [-0.4, -0.2) is 24.0 Å². The van der Waals surface area contributed by atoms with Gasteiger partial charge in [-0.15, -0.1) is 0 Å². The van der Waals surface area contributed by atoms with Crippen LogP contribution in [0.1, 0.15) is 38.8 Å². The molecule has 0 aromatic heterocycles. The molecule has 0 radical (unpaired) electrons. The summed E-state index contributed by atoms with van der Waals surface area (Å²) < 4.78 is 13.3. The normalized spacial score (nSPS) is 25.9. The van der Waals surface area contributed by atoms with Crippen molar-refractivity contribution in [3.05, 3.63) is 35.6 Å². The third-order valence-electron chi connectivity index (χ3n) is 4.22. The first-order chi connectivity index (χ1) is 8.40. The SMILES string of the molecule is CC(c1cccc(F)c1)N1CCC(N)C(C)(C)C1. The highest BCUT2D eigenvalue weighted by atomic mass is 19.1. The van der Waals surface area contributed by atoms with E-state index in [4.69, 9.17) is 5.73 Å². The van der Waals surface area contributed by atoms with Crippen LogP contribution in [0, 0.1) is 11.2 Å². The molecule has 2 nitrogen and oxygen atoms in total.